The fraction of sp³-hybridized carbons (Fsp3) is 0.0625. The molecule has 0 aliphatic carbocycles. The van der Waals surface area contributed by atoms with Gasteiger partial charge in [-0.1, -0.05) is 231 Å². The third-order valence-corrected chi connectivity index (χ3v) is 25.2. The average Bonchev–Trinajstić information content (AvgIpc) is 4.10. The molecule has 0 amide bonds. The van der Waals surface area contributed by atoms with Crippen molar-refractivity contribution in [1.82, 2.24) is 0 Å². The van der Waals surface area contributed by atoms with Crippen LogP contribution < -0.4 is 0 Å². The molecule has 0 aliphatic rings. The summed E-state index contributed by atoms with van der Waals surface area (Å²) in [7, 11) is -2.57. The second-order valence-electron chi connectivity index (χ2n) is 18.4. The zero-order valence-corrected chi connectivity index (χ0v) is 41.1. The second-order valence-corrected chi connectivity index (χ2v) is 26.9. The van der Waals surface area contributed by atoms with Crippen molar-refractivity contribution in [2.45, 2.75) is 24.6 Å². The lowest BCUT2D eigenvalue weighted by Crippen LogP contribution is -2.01. The molecule has 14 aromatic rings. The standard InChI is InChI=1S/C64H46P4/c1-9-31-55-47(23-1)48-24-2-10-32-56(48)65(55)39-43-19-17-20-44(40-66-57-33-11-3-25-49(57)50-26-4-12-34-58(50)66)63(43)64-45(41-67-59-35-13-5-27-51(59)52-28-6-14-36-60(52)67)21-18-22-46(64)42-68-61-37-15-7-29-53(61)54-30-8-16-38-62(54)68/h1-38H,39-42H2. The molecule has 322 valence electrons. The van der Waals surface area contributed by atoms with E-state index < -0.39 is 30.1 Å². The number of benzene rings is 10. The van der Waals surface area contributed by atoms with Gasteiger partial charge in [0.15, 0.2) is 0 Å². The van der Waals surface area contributed by atoms with Crippen LogP contribution >= 0.6 is 30.1 Å². The van der Waals surface area contributed by atoms with Gasteiger partial charge in [0.2, 0.25) is 0 Å². The van der Waals surface area contributed by atoms with Crippen molar-refractivity contribution in [3.63, 3.8) is 0 Å². The number of hydrogen-bond donors (Lipinski definition) is 0. The molecule has 0 saturated heterocycles. The molecule has 0 atom stereocenters. The summed E-state index contributed by atoms with van der Waals surface area (Å²) in [5, 5.41) is 23.4. The van der Waals surface area contributed by atoms with Gasteiger partial charge in [-0.25, -0.2) is 0 Å². The average molecular weight is 939 g/mol. The van der Waals surface area contributed by atoms with E-state index in [1.165, 1.54) is 117 Å². The summed E-state index contributed by atoms with van der Waals surface area (Å²) in [6.45, 7) is 0. The fourth-order valence-corrected chi connectivity index (χ4v) is 22.7. The summed E-state index contributed by atoms with van der Waals surface area (Å²) in [6.07, 6.45) is 4.02. The largest absolute Gasteiger partial charge is 0.104 e. The van der Waals surface area contributed by atoms with E-state index in [0.29, 0.717) is 0 Å². The summed E-state index contributed by atoms with van der Waals surface area (Å²) >= 11 is 0. The van der Waals surface area contributed by atoms with Crippen LogP contribution in [0.2, 0.25) is 0 Å². The van der Waals surface area contributed by atoms with Crippen LogP contribution in [0.25, 0.3) is 95.2 Å². The third-order valence-electron chi connectivity index (χ3n) is 14.8. The molecule has 0 aliphatic heterocycles. The van der Waals surface area contributed by atoms with Crippen molar-refractivity contribution >= 4 is 114 Å². The van der Waals surface area contributed by atoms with Gasteiger partial charge in [-0.2, -0.15) is 0 Å². The Morgan fingerprint density at radius 3 is 0.515 bits per heavy atom. The molecular formula is C64H46P4. The van der Waals surface area contributed by atoms with Crippen molar-refractivity contribution in [1.29, 1.82) is 0 Å². The molecule has 14 rings (SSSR count). The molecule has 4 aromatic heterocycles. The van der Waals surface area contributed by atoms with Crippen LogP contribution in [0.15, 0.2) is 231 Å². The predicted octanol–water partition coefficient (Wildman–Crippen LogP) is 20.7. The van der Waals surface area contributed by atoms with Gasteiger partial charge in [-0.15, -0.1) is 30.1 Å². The van der Waals surface area contributed by atoms with E-state index in [1.807, 2.05) is 0 Å². The Kier molecular flexibility index (Phi) is 9.86. The van der Waals surface area contributed by atoms with Gasteiger partial charge >= 0.3 is 0 Å². The monoisotopic (exact) mass is 938 g/mol. The van der Waals surface area contributed by atoms with Crippen molar-refractivity contribution in [2.24, 2.45) is 0 Å². The lowest BCUT2D eigenvalue weighted by Gasteiger charge is -2.23. The molecule has 0 radical (unpaired) electrons. The zero-order chi connectivity index (χ0) is 44.7. The molecule has 0 unspecified atom stereocenters. The van der Waals surface area contributed by atoms with Crippen molar-refractivity contribution in [3.8, 4) is 11.1 Å². The Bertz CT molecular complexity index is 3530. The second kappa shape index (κ2) is 16.6. The van der Waals surface area contributed by atoms with Gasteiger partial charge in [0.25, 0.3) is 0 Å². The van der Waals surface area contributed by atoms with Crippen LogP contribution in [-0.4, -0.2) is 0 Å². The van der Waals surface area contributed by atoms with Crippen LogP contribution in [0.5, 0.6) is 0 Å². The predicted molar refractivity (Wildman–Crippen MR) is 305 cm³/mol. The van der Waals surface area contributed by atoms with Crippen molar-refractivity contribution in [3.05, 3.63) is 253 Å². The van der Waals surface area contributed by atoms with E-state index >= 15 is 0 Å². The molecule has 0 spiro atoms. The van der Waals surface area contributed by atoms with Gasteiger partial charge < -0.3 is 0 Å². The lowest BCUT2D eigenvalue weighted by molar-refractivity contribution is 1.26. The van der Waals surface area contributed by atoms with Crippen LogP contribution in [0.4, 0.5) is 0 Å². The Balaban J connectivity index is 1.07. The minimum atomic E-state index is -0.642. The van der Waals surface area contributed by atoms with E-state index in [1.54, 1.807) is 0 Å². The Morgan fingerprint density at radius 1 is 0.176 bits per heavy atom. The molecule has 0 saturated carbocycles. The normalized spacial score (nSPS) is 12.1. The first kappa shape index (κ1) is 40.5. The zero-order valence-electron chi connectivity index (χ0n) is 37.6. The molecule has 4 heteroatoms. The SMILES string of the molecule is c1cc(Cp2c3ccccc3c3ccccc32)c(-c2c(Cp3c4ccccc4c4ccccc43)cccc2Cp2c3ccccc3c3ccccc32)c(Cp2c3ccccc3c3ccccc32)c1. The van der Waals surface area contributed by atoms with E-state index in [9.17, 15) is 0 Å². The first-order valence-corrected chi connectivity index (χ1v) is 29.9. The van der Waals surface area contributed by atoms with Crippen LogP contribution in [-0.2, 0) is 24.6 Å². The van der Waals surface area contributed by atoms with Crippen molar-refractivity contribution in [2.75, 3.05) is 0 Å². The van der Waals surface area contributed by atoms with Gasteiger partial charge in [0.1, 0.15) is 0 Å². The maximum Gasteiger partial charge on any atom is 0.0129 e. The quantitative estimate of drug-likeness (QED) is 0.135. The highest BCUT2D eigenvalue weighted by molar-refractivity contribution is 7.62. The minimum Gasteiger partial charge on any atom is -0.104 e. The summed E-state index contributed by atoms with van der Waals surface area (Å²) in [6, 6.07) is 89.1. The molecular weight excluding hydrogens is 893 g/mol. The molecule has 10 aromatic carbocycles. The van der Waals surface area contributed by atoms with E-state index in [0.717, 1.165) is 24.6 Å². The summed E-state index contributed by atoms with van der Waals surface area (Å²) in [4.78, 5) is 0. The Labute approximate surface area is 400 Å². The summed E-state index contributed by atoms with van der Waals surface area (Å²) in [5.41, 5.74) is 8.96. The van der Waals surface area contributed by atoms with Gasteiger partial charge in [0, 0.05) is 65.6 Å². The van der Waals surface area contributed by atoms with Gasteiger partial charge in [-0.3, -0.25) is 0 Å². The molecule has 0 fully saturated rings. The lowest BCUT2D eigenvalue weighted by atomic mass is 9.89. The highest BCUT2D eigenvalue weighted by Crippen LogP contribution is 2.58. The number of rotatable bonds is 9. The highest BCUT2D eigenvalue weighted by atomic mass is 31.1. The van der Waals surface area contributed by atoms with Crippen molar-refractivity contribution < 1.29 is 0 Å². The topological polar surface area (TPSA) is 0 Å². The smallest absolute Gasteiger partial charge is 0.0129 e. The number of hydrogen-bond acceptors (Lipinski definition) is 0. The maximum atomic E-state index is 2.52. The van der Waals surface area contributed by atoms with E-state index in [4.69, 9.17) is 0 Å². The van der Waals surface area contributed by atoms with Crippen LogP contribution in [0.3, 0.4) is 0 Å². The highest BCUT2D eigenvalue weighted by Gasteiger charge is 2.25. The van der Waals surface area contributed by atoms with E-state index in [-0.39, 0.29) is 0 Å². The molecule has 4 heterocycles. The molecule has 0 nitrogen and oxygen atoms in total. The molecule has 0 N–H and O–H groups in total. The maximum absolute atomic E-state index is 2.52. The Morgan fingerprint density at radius 2 is 0.338 bits per heavy atom. The molecule has 68 heavy (non-hydrogen) atoms. The van der Waals surface area contributed by atoms with Gasteiger partial charge in [-0.05, 0) is 76.5 Å². The van der Waals surface area contributed by atoms with Crippen LogP contribution in [0, 0.1) is 0 Å². The van der Waals surface area contributed by atoms with Crippen LogP contribution in [0.1, 0.15) is 22.3 Å². The summed E-state index contributed by atoms with van der Waals surface area (Å²) in [5.74, 6) is 0. The van der Waals surface area contributed by atoms with Gasteiger partial charge in [0.05, 0.1) is 0 Å². The van der Waals surface area contributed by atoms with E-state index in [2.05, 4.69) is 231 Å². The Hall–Kier alpha value is -6.60. The fourth-order valence-electron chi connectivity index (χ4n) is 11.9. The minimum absolute atomic E-state index is 0.642. The third kappa shape index (κ3) is 6.44. The first-order valence-electron chi connectivity index (χ1n) is 23.8. The molecule has 0 bridgehead atoms. The first-order chi connectivity index (χ1) is 33.8. The number of fused-ring (bicyclic) bond motifs is 12. The summed E-state index contributed by atoms with van der Waals surface area (Å²) < 4.78 is 0.